The Morgan fingerprint density at radius 1 is 1.05 bits per heavy atom. The van der Waals surface area contributed by atoms with Crippen LogP contribution in [-0.4, -0.2) is 48.7 Å². The Kier molecular flexibility index (Phi) is 8.27. The monoisotopic (exact) mass is 582 g/mol. The summed E-state index contributed by atoms with van der Waals surface area (Å²) < 4.78 is 0. The van der Waals surface area contributed by atoms with Gasteiger partial charge in [-0.1, -0.05) is 49.5 Å². The lowest BCUT2D eigenvalue weighted by Gasteiger charge is -2.37. The molecule has 2 aromatic carbocycles. The first-order valence-corrected chi connectivity index (χ1v) is 14.7. The van der Waals surface area contributed by atoms with Crippen molar-refractivity contribution in [2.24, 2.45) is 5.41 Å². The zero-order chi connectivity index (χ0) is 28.6. The van der Waals surface area contributed by atoms with E-state index >= 15 is 0 Å². The first kappa shape index (κ1) is 28.7. The Bertz CT molecular complexity index is 1380. The number of rotatable bonds is 5. The highest BCUT2D eigenvalue weighted by Gasteiger charge is 2.43. The van der Waals surface area contributed by atoms with E-state index in [1.807, 2.05) is 0 Å². The number of ketones is 1. The van der Waals surface area contributed by atoms with Crippen molar-refractivity contribution in [3.05, 3.63) is 68.8 Å². The van der Waals surface area contributed by atoms with Gasteiger partial charge in [-0.2, -0.15) is 0 Å². The lowest BCUT2D eigenvalue weighted by molar-refractivity contribution is -0.118. The number of amides is 2. The Labute approximate surface area is 245 Å². The van der Waals surface area contributed by atoms with E-state index in [9.17, 15) is 14.4 Å². The minimum Gasteiger partial charge on any atom is -0.357 e. The SMILES string of the molecule is CC(=O)N1c2ccc(C(=O)NCCN3CCCCC3)cc2NC2=C(C(=O)CC(C)(C)C2)C1c1ccc(Cl)cc1Cl. The van der Waals surface area contributed by atoms with Crippen molar-refractivity contribution in [2.45, 2.75) is 58.9 Å². The maximum atomic E-state index is 13.7. The summed E-state index contributed by atoms with van der Waals surface area (Å²) in [6, 6.07) is 9.65. The summed E-state index contributed by atoms with van der Waals surface area (Å²) in [7, 11) is 0. The molecule has 2 aliphatic heterocycles. The van der Waals surface area contributed by atoms with Crippen LogP contribution in [0.1, 0.15) is 74.8 Å². The number of allylic oxidation sites excluding steroid dienone is 1. The highest BCUT2D eigenvalue weighted by molar-refractivity contribution is 6.35. The number of piperidine rings is 1. The molecule has 40 heavy (non-hydrogen) atoms. The minimum absolute atomic E-state index is 0.0375. The van der Waals surface area contributed by atoms with Crippen LogP contribution in [-0.2, 0) is 9.59 Å². The number of halogens is 2. The second kappa shape index (κ2) is 11.6. The van der Waals surface area contributed by atoms with Gasteiger partial charge in [0.05, 0.1) is 17.4 Å². The molecule has 7 nitrogen and oxygen atoms in total. The van der Waals surface area contributed by atoms with Gasteiger partial charge in [-0.05, 0) is 73.7 Å². The lowest BCUT2D eigenvalue weighted by Crippen LogP contribution is -2.38. The molecule has 0 bridgehead atoms. The van der Waals surface area contributed by atoms with Crippen LogP contribution in [0, 0.1) is 5.41 Å². The summed E-state index contributed by atoms with van der Waals surface area (Å²) >= 11 is 12.9. The fourth-order valence-corrected chi connectivity index (χ4v) is 6.68. The molecule has 1 fully saturated rings. The van der Waals surface area contributed by atoms with Crippen LogP contribution in [0.15, 0.2) is 47.7 Å². The summed E-state index contributed by atoms with van der Waals surface area (Å²) in [5.74, 6) is -0.458. The first-order valence-electron chi connectivity index (χ1n) is 14.0. The molecule has 1 saturated heterocycles. The van der Waals surface area contributed by atoms with Crippen molar-refractivity contribution in [3.63, 3.8) is 0 Å². The van der Waals surface area contributed by atoms with Gasteiger partial charge in [0.15, 0.2) is 5.78 Å². The van der Waals surface area contributed by atoms with E-state index < -0.39 is 6.04 Å². The molecule has 2 aromatic rings. The van der Waals surface area contributed by atoms with Gasteiger partial charge >= 0.3 is 0 Å². The number of carbonyl (C=O) groups is 3. The molecule has 1 aliphatic carbocycles. The number of Topliss-reactive ketones (excluding diaryl/α,β-unsaturated/α-hetero) is 1. The van der Waals surface area contributed by atoms with Gasteiger partial charge in [-0.25, -0.2) is 0 Å². The van der Waals surface area contributed by atoms with Crippen LogP contribution >= 0.6 is 23.2 Å². The number of hydrogen-bond donors (Lipinski definition) is 2. The number of fused-ring (bicyclic) bond motifs is 1. The normalized spacial score (nSPS) is 20.8. The molecule has 1 atom stereocenters. The molecule has 0 radical (unpaired) electrons. The van der Waals surface area contributed by atoms with E-state index in [1.165, 1.54) is 26.2 Å². The predicted octanol–water partition coefficient (Wildman–Crippen LogP) is 6.37. The summed E-state index contributed by atoms with van der Waals surface area (Å²) in [4.78, 5) is 44.2. The largest absolute Gasteiger partial charge is 0.357 e. The number of hydrogen-bond acceptors (Lipinski definition) is 5. The topological polar surface area (TPSA) is 81.8 Å². The molecule has 2 heterocycles. The van der Waals surface area contributed by atoms with Crippen molar-refractivity contribution >= 4 is 52.2 Å². The summed E-state index contributed by atoms with van der Waals surface area (Å²) in [6.45, 7) is 9.13. The lowest BCUT2D eigenvalue weighted by atomic mass is 9.73. The van der Waals surface area contributed by atoms with E-state index in [4.69, 9.17) is 23.2 Å². The molecule has 9 heteroatoms. The number of benzene rings is 2. The molecule has 1 unspecified atom stereocenters. The maximum absolute atomic E-state index is 13.7. The average Bonchev–Trinajstić information content (AvgIpc) is 3.02. The summed E-state index contributed by atoms with van der Waals surface area (Å²) in [6.07, 6.45) is 4.64. The Morgan fingerprint density at radius 3 is 2.50 bits per heavy atom. The molecular formula is C31H36Cl2N4O3. The molecule has 0 aromatic heterocycles. The molecule has 5 rings (SSSR count). The second-order valence-electron chi connectivity index (χ2n) is 11.8. The molecule has 0 spiro atoms. The van der Waals surface area contributed by atoms with Gasteiger partial charge in [0.2, 0.25) is 5.91 Å². The fraction of sp³-hybridized carbons (Fsp3) is 0.452. The van der Waals surface area contributed by atoms with Crippen molar-refractivity contribution in [1.82, 2.24) is 10.2 Å². The maximum Gasteiger partial charge on any atom is 0.251 e. The van der Waals surface area contributed by atoms with Gasteiger partial charge in [-0.3, -0.25) is 19.3 Å². The van der Waals surface area contributed by atoms with Crippen molar-refractivity contribution in [2.75, 3.05) is 36.4 Å². The number of anilines is 2. The molecule has 2 amide bonds. The smallest absolute Gasteiger partial charge is 0.251 e. The highest BCUT2D eigenvalue weighted by atomic mass is 35.5. The third-order valence-corrected chi connectivity index (χ3v) is 8.58. The van der Waals surface area contributed by atoms with E-state index in [2.05, 4.69) is 29.4 Å². The average molecular weight is 584 g/mol. The Balaban J connectivity index is 1.54. The number of carbonyl (C=O) groups excluding carboxylic acids is 3. The van der Waals surface area contributed by atoms with Gasteiger partial charge in [-0.15, -0.1) is 0 Å². The minimum atomic E-state index is -0.737. The van der Waals surface area contributed by atoms with Crippen LogP contribution < -0.4 is 15.5 Å². The van der Waals surface area contributed by atoms with Crippen molar-refractivity contribution in [3.8, 4) is 0 Å². The van der Waals surface area contributed by atoms with E-state index in [0.717, 1.165) is 25.3 Å². The van der Waals surface area contributed by atoms with Crippen LogP contribution in [0.5, 0.6) is 0 Å². The van der Waals surface area contributed by atoms with Crippen LogP contribution in [0.4, 0.5) is 11.4 Å². The van der Waals surface area contributed by atoms with Crippen LogP contribution in [0.25, 0.3) is 0 Å². The number of nitrogens with zero attached hydrogens (tertiary/aromatic N) is 2. The third-order valence-electron chi connectivity index (χ3n) is 8.01. The summed E-state index contributed by atoms with van der Waals surface area (Å²) in [5, 5.41) is 7.36. The predicted molar refractivity (Wildman–Crippen MR) is 160 cm³/mol. The molecule has 212 valence electrons. The van der Waals surface area contributed by atoms with Gasteiger partial charge in [0.25, 0.3) is 5.91 Å². The summed E-state index contributed by atoms with van der Waals surface area (Å²) in [5.41, 5.74) is 3.27. The van der Waals surface area contributed by atoms with Gasteiger partial charge in [0, 0.05) is 53.3 Å². The quantitative estimate of drug-likeness (QED) is 0.428. The van der Waals surface area contributed by atoms with E-state index in [-0.39, 0.29) is 23.0 Å². The first-order chi connectivity index (χ1) is 19.0. The zero-order valence-electron chi connectivity index (χ0n) is 23.3. The van der Waals surface area contributed by atoms with E-state index in [0.29, 0.717) is 57.5 Å². The Hall–Kier alpha value is -2.87. The van der Waals surface area contributed by atoms with Crippen LogP contribution in [0.3, 0.4) is 0 Å². The third kappa shape index (κ3) is 5.92. The second-order valence-corrected chi connectivity index (χ2v) is 12.6. The molecular weight excluding hydrogens is 547 g/mol. The Morgan fingerprint density at radius 2 is 1.80 bits per heavy atom. The number of nitrogens with one attached hydrogen (secondary N) is 2. The van der Waals surface area contributed by atoms with E-state index in [1.54, 1.807) is 41.3 Å². The standard InChI is InChI=1S/C31H36Cl2N4O3/c1-19(38)37-26-10-7-20(30(40)34-11-14-36-12-5-4-6-13-36)15-24(26)35-25-17-31(2,3)18-27(39)28(25)29(37)22-9-8-21(32)16-23(22)33/h7-10,15-16,29,35H,4-6,11-14,17-18H2,1-3H3,(H,34,40). The van der Waals surface area contributed by atoms with Gasteiger partial charge in [0.1, 0.15) is 0 Å². The van der Waals surface area contributed by atoms with Crippen molar-refractivity contribution in [1.29, 1.82) is 0 Å². The number of likely N-dealkylation sites (tertiary alicyclic amines) is 1. The molecule has 2 N–H and O–H groups in total. The van der Waals surface area contributed by atoms with Gasteiger partial charge < -0.3 is 15.5 Å². The van der Waals surface area contributed by atoms with Crippen molar-refractivity contribution < 1.29 is 14.4 Å². The fourth-order valence-electron chi connectivity index (χ4n) is 6.16. The zero-order valence-corrected chi connectivity index (χ0v) is 24.8. The molecule has 3 aliphatic rings. The highest BCUT2D eigenvalue weighted by Crippen LogP contribution is 2.49. The van der Waals surface area contributed by atoms with Crippen LogP contribution in [0.2, 0.25) is 10.0 Å². The molecule has 0 saturated carbocycles.